The molecule has 0 aromatic heterocycles. The summed E-state index contributed by atoms with van der Waals surface area (Å²) in [5.41, 5.74) is 2.47. The highest BCUT2D eigenvalue weighted by Crippen LogP contribution is 2.19. The van der Waals surface area contributed by atoms with Crippen molar-refractivity contribution in [3.05, 3.63) is 42.0 Å². The molecule has 7 nitrogen and oxygen atoms in total. The number of hydrogen-bond donors (Lipinski definition) is 3. The van der Waals surface area contributed by atoms with E-state index in [4.69, 9.17) is 4.99 Å². The van der Waals surface area contributed by atoms with Crippen molar-refractivity contribution in [2.24, 2.45) is 4.99 Å². The molecule has 1 aromatic carbocycles. The van der Waals surface area contributed by atoms with Gasteiger partial charge in [0.15, 0.2) is 5.96 Å². The van der Waals surface area contributed by atoms with Gasteiger partial charge in [-0.25, -0.2) is 4.99 Å². The van der Waals surface area contributed by atoms with Crippen LogP contribution in [-0.2, 0) is 11.3 Å². The molecule has 8 heteroatoms. The Balaban J connectivity index is 0.00000363. The number of carbonyl (C=O) groups is 1. The van der Waals surface area contributed by atoms with E-state index in [0.717, 1.165) is 64.5 Å². The predicted octanol–water partition coefficient (Wildman–Crippen LogP) is 2.73. The zero-order valence-corrected chi connectivity index (χ0v) is 21.8. The van der Waals surface area contributed by atoms with Gasteiger partial charge in [-0.1, -0.05) is 31.2 Å². The molecule has 1 fully saturated rings. The van der Waals surface area contributed by atoms with E-state index in [9.17, 15) is 4.79 Å². The third kappa shape index (κ3) is 8.61. The Bertz CT molecular complexity index is 753. The molecule has 2 heterocycles. The molecular formula is C24H39IN6O. The van der Waals surface area contributed by atoms with Gasteiger partial charge in [-0.3, -0.25) is 9.69 Å². The van der Waals surface area contributed by atoms with Crippen LogP contribution in [0.4, 0.5) is 5.69 Å². The average molecular weight is 555 g/mol. The Morgan fingerprint density at radius 3 is 2.56 bits per heavy atom. The van der Waals surface area contributed by atoms with Crippen molar-refractivity contribution in [3.8, 4) is 0 Å². The van der Waals surface area contributed by atoms with Crippen LogP contribution in [0.25, 0.3) is 0 Å². The van der Waals surface area contributed by atoms with Crippen molar-refractivity contribution in [1.29, 1.82) is 0 Å². The van der Waals surface area contributed by atoms with Crippen molar-refractivity contribution < 1.29 is 4.79 Å². The van der Waals surface area contributed by atoms with Crippen LogP contribution in [-0.4, -0.2) is 68.6 Å². The number of aliphatic imine (C=N–C) groups is 1. The largest absolute Gasteiger partial charge is 0.364 e. The Kier molecular flexibility index (Phi) is 11.9. The molecule has 178 valence electrons. The number of carbonyl (C=O) groups excluding carboxylic acids is 1. The predicted molar refractivity (Wildman–Crippen MR) is 144 cm³/mol. The summed E-state index contributed by atoms with van der Waals surface area (Å²) in [7, 11) is 0. The monoisotopic (exact) mass is 554 g/mol. The highest BCUT2D eigenvalue weighted by atomic mass is 127. The number of rotatable bonds is 9. The average Bonchev–Trinajstić information content (AvgIpc) is 3.33. The highest BCUT2D eigenvalue weighted by Gasteiger charge is 2.21. The Morgan fingerprint density at radius 1 is 1.12 bits per heavy atom. The van der Waals surface area contributed by atoms with E-state index in [1.54, 1.807) is 0 Å². The maximum absolute atomic E-state index is 11.9. The van der Waals surface area contributed by atoms with Gasteiger partial charge in [-0.15, -0.1) is 24.0 Å². The first-order valence-corrected chi connectivity index (χ1v) is 11.7. The van der Waals surface area contributed by atoms with Crippen LogP contribution in [0.3, 0.4) is 0 Å². The third-order valence-electron chi connectivity index (χ3n) is 5.73. The molecule has 3 rings (SSSR count). The number of amides is 1. The van der Waals surface area contributed by atoms with E-state index < -0.39 is 0 Å². The smallest absolute Gasteiger partial charge is 0.234 e. The fourth-order valence-electron chi connectivity index (χ4n) is 3.98. The summed E-state index contributed by atoms with van der Waals surface area (Å²) >= 11 is 0. The van der Waals surface area contributed by atoms with Crippen molar-refractivity contribution in [3.63, 3.8) is 0 Å². The maximum atomic E-state index is 11.9. The number of nitrogens with zero attached hydrogens (tertiary/aromatic N) is 3. The Morgan fingerprint density at radius 2 is 1.88 bits per heavy atom. The first-order valence-electron chi connectivity index (χ1n) is 11.7. The molecule has 32 heavy (non-hydrogen) atoms. The number of hydrogen-bond acceptors (Lipinski definition) is 4. The van der Waals surface area contributed by atoms with Gasteiger partial charge in [0.1, 0.15) is 0 Å². The summed E-state index contributed by atoms with van der Waals surface area (Å²) in [5, 5.41) is 9.94. The fourth-order valence-corrected chi connectivity index (χ4v) is 3.98. The summed E-state index contributed by atoms with van der Waals surface area (Å²) < 4.78 is 0. The number of piperidine rings is 1. The maximum Gasteiger partial charge on any atom is 0.234 e. The lowest BCUT2D eigenvalue weighted by Gasteiger charge is -2.32. The van der Waals surface area contributed by atoms with E-state index in [1.165, 1.54) is 11.3 Å². The second-order valence-corrected chi connectivity index (χ2v) is 8.29. The van der Waals surface area contributed by atoms with Gasteiger partial charge in [0.05, 0.1) is 13.1 Å². The minimum Gasteiger partial charge on any atom is -0.364 e. The lowest BCUT2D eigenvalue weighted by molar-refractivity contribution is -0.122. The molecule has 0 saturated carbocycles. The first-order chi connectivity index (χ1) is 15.2. The summed E-state index contributed by atoms with van der Waals surface area (Å²) in [6, 6.07) is 9.05. The summed E-state index contributed by atoms with van der Waals surface area (Å²) in [6.07, 6.45) is 7.43. The fraction of sp³-hybridized carbons (Fsp3) is 0.583. The number of guanidine groups is 1. The molecule has 0 aliphatic carbocycles. The molecule has 1 saturated heterocycles. The van der Waals surface area contributed by atoms with E-state index in [1.807, 2.05) is 0 Å². The zero-order chi connectivity index (χ0) is 21.9. The van der Waals surface area contributed by atoms with Gasteiger partial charge in [-0.2, -0.15) is 0 Å². The highest BCUT2D eigenvalue weighted by molar-refractivity contribution is 14.0. The first kappa shape index (κ1) is 26.4. The molecule has 3 N–H and O–H groups in total. The number of nitrogens with one attached hydrogen (secondary N) is 3. The SMILES string of the molecule is CCCNC(=O)CN1CCC(NC(=NCc2cccc(N3CC=CC3)c2)NCC)CC1.I. The molecule has 2 aliphatic heterocycles. The Labute approximate surface area is 210 Å². The standard InChI is InChI=1S/C24H38N6O.HI/c1-3-12-26-23(31)19-29-15-10-21(11-16-29)28-24(25-4-2)27-18-20-8-7-9-22(17-20)30-13-5-6-14-30;/h5-9,17,21H,3-4,10-16,18-19H2,1-2H3,(H,26,31)(H2,25,27,28);1H. The second-order valence-electron chi connectivity index (χ2n) is 8.29. The van der Waals surface area contributed by atoms with Crippen LogP contribution in [0.5, 0.6) is 0 Å². The minimum atomic E-state index is 0. The number of benzene rings is 1. The second kappa shape index (κ2) is 14.4. The molecule has 1 amide bonds. The van der Waals surface area contributed by atoms with Crippen LogP contribution >= 0.6 is 24.0 Å². The molecule has 1 aromatic rings. The van der Waals surface area contributed by atoms with Gasteiger partial charge in [0, 0.05) is 51.0 Å². The van der Waals surface area contributed by atoms with Crippen LogP contribution in [0.1, 0.15) is 38.7 Å². The summed E-state index contributed by atoms with van der Waals surface area (Å²) in [6.45, 7) is 10.7. The molecule has 0 atom stereocenters. The molecule has 0 radical (unpaired) electrons. The quantitative estimate of drug-likeness (QED) is 0.190. The van der Waals surface area contributed by atoms with Gasteiger partial charge in [0.25, 0.3) is 0 Å². The molecule has 0 spiro atoms. The number of halogens is 1. The van der Waals surface area contributed by atoms with Crippen molar-refractivity contribution in [1.82, 2.24) is 20.9 Å². The zero-order valence-electron chi connectivity index (χ0n) is 19.5. The normalized spacial score (nSPS) is 17.2. The molecule has 0 bridgehead atoms. The van der Waals surface area contributed by atoms with Crippen molar-refractivity contribution in [2.45, 2.75) is 45.7 Å². The number of anilines is 1. The lowest BCUT2D eigenvalue weighted by atomic mass is 10.1. The summed E-state index contributed by atoms with van der Waals surface area (Å²) in [4.78, 5) is 21.4. The van der Waals surface area contributed by atoms with Gasteiger partial charge >= 0.3 is 0 Å². The van der Waals surface area contributed by atoms with Crippen LogP contribution in [0.2, 0.25) is 0 Å². The lowest BCUT2D eigenvalue weighted by Crippen LogP contribution is -2.50. The van der Waals surface area contributed by atoms with E-state index in [-0.39, 0.29) is 29.9 Å². The van der Waals surface area contributed by atoms with Gasteiger partial charge < -0.3 is 20.9 Å². The van der Waals surface area contributed by atoms with E-state index in [0.29, 0.717) is 19.1 Å². The third-order valence-corrected chi connectivity index (χ3v) is 5.73. The van der Waals surface area contributed by atoms with E-state index >= 15 is 0 Å². The topological polar surface area (TPSA) is 72.0 Å². The van der Waals surface area contributed by atoms with E-state index in [2.05, 4.69) is 76.0 Å². The number of likely N-dealkylation sites (tertiary alicyclic amines) is 1. The molecule has 0 unspecified atom stereocenters. The van der Waals surface area contributed by atoms with Crippen molar-refractivity contribution >= 4 is 41.5 Å². The van der Waals surface area contributed by atoms with Gasteiger partial charge in [0.2, 0.25) is 5.91 Å². The van der Waals surface area contributed by atoms with Crippen LogP contribution < -0.4 is 20.9 Å². The summed E-state index contributed by atoms with van der Waals surface area (Å²) in [5.74, 6) is 1.00. The van der Waals surface area contributed by atoms with Crippen LogP contribution in [0, 0.1) is 0 Å². The van der Waals surface area contributed by atoms with Crippen molar-refractivity contribution in [2.75, 3.05) is 50.7 Å². The van der Waals surface area contributed by atoms with Crippen LogP contribution in [0.15, 0.2) is 41.4 Å². The van der Waals surface area contributed by atoms with Gasteiger partial charge in [-0.05, 0) is 43.9 Å². The minimum absolute atomic E-state index is 0. The Hall–Kier alpha value is -1.81. The molecular weight excluding hydrogens is 515 g/mol. The molecule has 2 aliphatic rings.